The average Bonchev–Trinajstić information content (AvgIpc) is 2.25. The molecule has 1 unspecified atom stereocenters. The predicted octanol–water partition coefficient (Wildman–Crippen LogP) is 3.04. The Morgan fingerprint density at radius 1 is 1.62 bits per heavy atom. The van der Waals surface area contributed by atoms with E-state index in [-0.39, 0.29) is 17.6 Å². The fourth-order valence-electron chi connectivity index (χ4n) is 1.09. The Hall–Kier alpha value is -0.360. The van der Waals surface area contributed by atoms with Crippen molar-refractivity contribution in [1.82, 2.24) is 5.32 Å². The third-order valence-electron chi connectivity index (χ3n) is 2.05. The minimum absolute atomic E-state index is 0.193. The number of carbonyl (C=O) groups excluding carboxylic acids is 1. The normalized spacial score (nSPS) is 12.2. The standard InChI is InChI=1S/C11H12ClFINO/c1-7(5-12)6-15-11(16)9-3-2-8(13)4-10(9)14/h2-4,7H,5-6H2,1H3,(H,15,16). The molecule has 0 saturated carbocycles. The molecular formula is C11H12ClFINO. The van der Waals surface area contributed by atoms with E-state index < -0.39 is 0 Å². The van der Waals surface area contributed by atoms with Gasteiger partial charge in [-0.05, 0) is 46.7 Å². The van der Waals surface area contributed by atoms with Crippen molar-refractivity contribution in [3.63, 3.8) is 0 Å². The number of benzene rings is 1. The highest BCUT2D eigenvalue weighted by Gasteiger charge is 2.11. The first-order valence-corrected chi connectivity index (χ1v) is 6.45. The van der Waals surface area contributed by atoms with Gasteiger partial charge in [-0.1, -0.05) is 6.92 Å². The van der Waals surface area contributed by atoms with Gasteiger partial charge in [0, 0.05) is 16.0 Å². The second-order valence-corrected chi connectivity index (χ2v) is 5.06. The van der Waals surface area contributed by atoms with Gasteiger partial charge in [0.15, 0.2) is 0 Å². The van der Waals surface area contributed by atoms with Crippen molar-refractivity contribution in [2.24, 2.45) is 5.92 Å². The molecule has 0 fully saturated rings. The second-order valence-electron chi connectivity index (χ2n) is 3.59. The van der Waals surface area contributed by atoms with Crippen LogP contribution in [0.5, 0.6) is 0 Å². The van der Waals surface area contributed by atoms with E-state index in [4.69, 9.17) is 11.6 Å². The first-order chi connectivity index (χ1) is 7.54. The summed E-state index contributed by atoms with van der Waals surface area (Å²) in [5.41, 5.74) is 0.490. The van der Waals surface area contributed by atoms with Gasteiger partial charge in [-0.15, -0.1) is 11.6 Å². The van der Waals surface area contributed by atoms with Crippen LogP contribution in [-0.4, -0.2) is 18.3 Å². The van der Waals surface area contributed by atoms with Crippen LogP contribution in [0.2, 0.25) is 0 Å². The van der Waals surface area contributed by atoms with Crippen molar-refractivity contribution in [3.8, 4) is 0 Å². The fourth-order valence-corrected chi connectivity index (χ4v) is 1.92. The molecule has 1 aromatic carbocycles. The molecule has 0 bridgehead atoms. The smallest absolute Gasteiger partial charge is 0.252 e. The lowest BCUT2D eigenvalue weighted by Gasteiger charge is -2.10. The monoisotopic (exact) mass is 355 g/mol. The first kappa shape index (κ1) is 13.7. The van der Waals surface area contributed by atoms with Gasteiger partial charge in [-0.25, -0.2) is 4.39 Å². The predicted molar refractivity (Wildman–Crippen MR) is 71.3 cm³/mol. The Bertz CT molecular complexity index is 386. The molecule has 2 nitrogen and oxygen atoms in total. The number of alkyl halides is 1. The quantitative estimate of drug-likeness (QED) is 0.653. The molecule has 1 atom stereocenters. The number of rotatable bonds is 4. The summed E-state index contributed by atoms with van der Waals surface area (Å²) in [5.74, 6) is 0.195. The van der Waals surface area contributed by atoms with Crippen LogP contribution in [0.25, 0.3) is 0 Å². The van der Waals surface area contributed by atoms with Crippen LogP contribution in [0.1, 0.15) is 17.3 Å². The maximum Gasteiger partial charge on any atom is 0.252 e. The van der Waals surface area contributed by atoms with Crippen LogP contribution in [0.15, 0.2) is 18.2 Å². The fraction of sp³-hybridized carbons (Fsp3) is 0.364. The van der Waals surface area contributed by atoms with Crippen molar-refractivity contribution in [2.75, 3.05) is 12.4 Å². The molecule has 0 aromatic heterocycles. The van der Waals surface area contributed by atoms with E-state index in [1.165, 1.54) is 18.2 Å². The Kier molecular flexibility index (Phi) is 5.48. The highest BCUT2D eigenvalue weighted by atomic mass is 127. The summed E-state index contributed by atoms with van der Waals surface area (Å²) in [6.07, 6.45) is 0. The Balaban J connectivity index is 2.66. The third-order valence-corrected chi connectivity index (χ3v) is 3.47. The topological polar surface area (TPSA) is 29.1 Å². The van der Waals surface area contributed by atoms with E-state index in [9.17, 15) is 9.18 Å². The Morgan fingerprint density at radius 2 is 2.31 bits per heavy atom. The summed E-state index contributed by atoms with van der Waals surface area (Å²) in [6, 6.07) is 4.10. The number of hydrogen-bond donors (Lipinski definition) is 1. The van der Waals surface area contributed by atoms with Crippen LogP contribution in [-0.2, 0) is 0 Å². The van der Waals surface area contributed by atoms with E-state index in [1.54, 1.807) is 0 Å². The van der Waals surface area contributed by atoms with Gasteiger partial charge in [0.05, 0.1) is 5.56 Å². The molecule has 88 valence electrons. The van der Waals surface area contributed by atoms with Gasteiger partial charge in [-0.3, -0.25) is 4.79 Å². The van der Waals surface area contributed by atoms with Gasteiger partial charge in [0.1, 0.15) is 5.82 Å². The molecule has 0 saturated heterocycles. The minimum atomic E-state index is -0.338. The molecule has 0 radical (unpaired) electrons. The van der Waals surface area contributed by atoms with Gasteiger partial charge >= 0.3 is 0 Å². The highest BCUT2D eigenvalue weighted by Crippen LogP contribution is 2.13. The van der Waals surface area contributed by atoms with Crippen LogP contribution in [0.3, 0.4) is 0 Å². The molecule has 0 aliphatic carbocycles. The summed E-state index contributed by atoms with van der Waals surface area (Å²) in [6.45, 7) is 2.47. The van der Waals surface area contributed by atoms with Crippen molar-refractivity contribution < 1.29 is 9.18 Å². The SMILES string of the molecule is CC(CCl)CNC(=O)c1ccc(F)cc1I. The zero-order valence-corrected chi connectivity index (χ0v) is 11.7. The lowest BCUT2D eigenvalue weighted by Crippen LogP contribution is -2.29. The summed E-state index contributed by atoms with van der Waals surface area (Å²) >= 11 is 7.57. The van der Waals surface area contributed by atoms with E-state index in [0.29, 0.717) is 21.6 Å². The number of carbonyl (C=O) groups is 1. The van der Waals surface area contributed by atoms with E-state index >= 15 is 0 Å². The second kappa shape index (κ2) is 6.39. The maximum absolute atomic E-state index is 12.8. The largest absolute Gasteiger partial charge is 0.352 e. The molecule has 1 N–H and O–H groups in total. The average molecular weight is 356 g/mol. The first-order valence-electron chi connectivity index (χ1n) is 4.83. The molecule has 16 heavy (non-hydrogen) atoms. The Labute approximate surface area is 113 Å². The maximum atomic E-state index is 12.8. The molecule has 1 amide bonds. The summed E-state index contributed by atoms with van der Waals surface area (Å²) in [5, 5.41) is 2.76. The summed E-state index contributed by atoms with van der Waals surface area (Å²) in [4.78, 5) is 11.7. The van der Waals surface area contributed by atoms with Gasteiger partial charge in [0.2, 0.25) is 0 Å². The summed E-state index contributed by atoms with van der Waals surface area (Å²) < 4.78 is 13.4. The van der Waals surface area contributed by atoms with Gasteiger partial charge in [-0.2, -0.15) is 0 Å². The minimum Gasteiger partial charge on any atom is -0.352 e. The molecule has 0 spiro atoms. The van der Waals surface area contributed by atoms with Crippen LogP contribution < -0.4 is 5.32 Å². The summed E-state index contributed by atoms with van der Waals surface area (Å²) in [7, 11) is 0. The molecule has 0 heterocycles. The van der Waals surface area contributed by atoms with E-state index in [0.717, 1.165) is 0 Å². The van der Waals surface area contributed by atoms with Crippen LogP contribution in [0.4, 0.5) is 4.39 Å². The third kappa shape index (κ3) is 3.90. The van der Waals surface area contributed by atoms with Crippen molar-refractivity contribution in [3.05, 3.63) is 33.1 Å². The lowest BCUT2D eigenvalue weighted by molar-refractivity contribution is 0.0948. The number of amides is 1. The van der Waals surface area contributed by atoms with Crippen molar-refractivity contribution in [2.45, 2.75) is 6.92 Å². The van der Waals surface area contributed by atoms with Gasteiger partial charge < -0.3 is 5.32 Å². The van der Waals surface area contributed by atoms with E-state index in [2.05, 4.69) is 5.32 Å². The number of halogens is 3. The van der Waals surface area contributed by atoms with Gasteiger partial charge in [0.25, 0.3) is 5.91 Å². The molecular weight excluding hydrogens is 343 g/mol. The molecule has 1 rings (SSSR count). The Morgan fingerprint density at radius 3 is 2.88 bits per heavy atom. The number of hydrogen-bond acceptors (Lipinski definition) is 1. The number of nitrogens with one attached hydrogen (secondary N) is 1. The van der Waals surface area contributed by atoms with Crippen LogP contribution in [0, 0.1) is 15.3 Å². The van der Waals surface area contributed by atoms with E-state index in [1.807, 2.05) is 29.5 Å². The molecule has 0 aliphatic rings. The van der Waals surface area contributed by atoms with Crippen molar-refractivity contribution >= 4 is 40.1 Å². The van der Waals surface area contributed by atoms with Crippen molar-refractivity contribution in [1.29, 1.82) is 0 Å². The highest BCUT2D eigenvalue weighted by molar-refractivity contribution is 14.1. The zero-order chi connectivity index (χ0) is 12.1. The lowest BCUT2D eigenvalue weighted by atomic mass is 10.2. The molecule has 1 aromatic rings. The van der Waals surface area contributed by atoms with Crippen LogP contribution >= 0.6 is 34.2 Å². The molecule has 0 aliphatic heterocycles. The molecule has 5 heteroatoms. The zero-order valence-electron chi connectivity index (χ0n) is 8.77.